The Morgan fingerprint density at radius 3 is 2.19 bits per heavy atom. The molecule has 1 rings (SSSR count). The van der Waals surface area contributed by atoms with Crippen molar-refractivity contribution in [3.63, 3.8) is 0 Å². The predicted octanol–water partition coefficient (Wildman–Crippen LogP) is 3.12. The van der Waals surface area contributed by atoms with Crippen LogP contribution in [-0.2, 0) is 4.74 Å². The van der Waals surface area contributed by atoms with Crippen molar-refractivity contribution in [2.24, 2.45) is 0 Å². The van der Waals surface area contributed by atoms with Crippen LogP contribution in [0.25, 0.3) is 0 Å². The van der Waals surface area contributed by atoms with Gasteiger partial charge in [0.15, 0.2) is 0 Å². The Labute approximate surface area is 104 Å². The van der Waals surface area contributed by atoms with E-state index in [1.165, 1.54) is 11.8 Å². The molecule has 1 aliphatic heterocycles. The Morgan fingerprint density at radius 2 is 1.88 bits per heavy atom. The molecule has 1 fully saturated rings. The first kappa shape index (κ1) is 13.7. The van der Waals surface area contributed by atoms with Crippen LogP contribution in [0, 0.1) is 0 Å². The molecule has 0 bridgehead atoms. The maximum absolute atomic E-state index is 14.1. The molecule has 94 valence electrons. The maximum Gasteiger partial charge on any atom is 0.410 e. The Bertz CT molecular complexity index is 281. The minimum atomic E-state index is -1.44. The highest BCUT2D eigenvalue weighted by Gasteiger charge is 2.53. The van der Waals surface area contributed by atoms with Crippen LogP contribution in [0.15, 0.2) is 0 Å². The van der Waals surface area contributed by atoms with Crippen molar-refractivity contribution in [3.05, 3.63) is 0 Å². The van der Waals surface area contributed by atoms with Crippen LogP contribution in [0.3, 0.4) is 0 Å². The van der Waals surface area contributed by atoms with Gasteiger partial charge in [0.05, 0.1) is 10.9 Å². The number of amides is 1. The number of nitrogens with zero attached hydrogens (tertiary/aromatic N) is 1. The number of hydrogen-bond donors (Lipinski definition) is 0. The van der Waals surface area contributed by atoms with E-state index in [4.69, 9.17) is 4.74 Å². The number of carbonyl (C=O) groups excluding carboxylic acids is 1. The lowest BCUT2D eigenvalue weighted by atomic mass is 9.97. The van der Waals surface area contributed by atoms with E-state index in [1.807, 2.05) is 0 Å². The number of alkyl halides is 2. The van der Waals surface area contributed by atoms with Crippen LogP contribution in [0.5, 0.6) is 0 Å². The van der Waals surface area contributed by atoms with E-state index in [2.05, 4.69) is 15.9 Å². The van der Waals surface area contributed by atoms with E-state index in [9.17, 15) is 9.18 Å². The second-order valence-electron chi connectivity index (χ2n) is 5.73. The third kappa shape index (κ3) is 2.87. The van der Waals surface area contributed by atoms with Crippen molar-refractivity contribution in [1.29, 1.82) is 0 Å². The summed E-state index contributed by atoms with van der Waals surface area (Å²) in [6, 6.07) is 0. The van der Waals surface area contributed by atoms with E-state index in [1.54, 1.807) is 27.7 Å². The van der Waals surface area contributed by atoms with Crippen molar-refractivity contribution in [2.45, 2.75) is 50.2 Å². The number of halogens is 2. The summed E-state index contributed by atoms with van der Waals surface area (Å²) >= 11 is 3.33. The van der Waals surface area contributed by atoms with Gasteiger partial charge in [-0.05, 0) is 34.6 Å². The molecular weight excluding hydrogens is 277 g/mol. The van der Waals surface area contributed by atoms with E-state index < -0.39 is 21.7 Å². The van der Waals surface area contributed by atoms with Gasteiger partial charge in [0.1, 0.15) is 11.3 Å². The topological polar surface area (TPSA) is 29.5 Å². The summed E-state index contributed by atoms with van der Waals surface area (Å²) in [5, 5.41) is 0. The van der Waals surface area contributed by atoms with Crippen LogP contribution in [0.1, 0.15) is 34.6 Å². The van der Waals surface area contributed by atoms with Crippen LogP contribution in [-0.4, -0.2) is 39.7 Å². The SMILES string of the molecule is CC(C)(C)OC(=O)N1C[C@@](C)(F)[C@](C)(Br)C1. The van der Waals surface area contributed by atoms with Gasteiger partial charge < -0.3 is 9.64 Å². The lowest BCUT2D eigenvalue weighted by Gasteiger charge is -2.25. The molecule has 5 heteroatoms. The molecule has 1 heterocycles. The van der Waals surface area contributed by atoms with Crippen molar-refractivity contribution in [1.82, 2.24) is 4.90 Å². The van der Waals surface area contributed by atoms with Crippen LogP contribution in [0.2, 0.25) is 0 Å². The summed E-state index contributed by atoms with van der Waals surface area (Å²) in [7, 11) is 0. The molecule has 0 spiro atoms. The van der Waals surface area contributed by atoms with E-state index in [-0.39, 0.29) is 6.54 Å². The molecule has 0 aliphatic carbocycles. The first-order chi connectivity index (χ1) is 6.95. The maximum atomic E-state index is 14.1. The van der Waals surface area contributed by atoms with Gasteiger partial charge >= 0.3 is 6.09 Å². The first-order valence-corrected chi connectivity index (χ1v) is 6.10. The summed E-state index contributed by atoms with van der Waals surface area (Å²) in [5.41, 5.74) is -1.99. The number of hydrogen-bond acceptors (Lipinski definition) is 2. The molecule has 0 aromatic carbocycles. The second kappa shape index (κ2) is 3.86. The lowest BCUT2D eigenvalue weighted by molar-refractivity contribution is 0.0264. The second-order valence-corrected chi connectivity index (χ2v) is 7.48. The van der Waals surface area contributed by atoms with Gasteiger partial charge in [-0.25, -0.2) is 9.18 Å². The highest BCUT2D eigenvalue weighted by molar-refractivity contribution is 9.10. The fourth-order valence-electron chi connectivity index (χ4n) is 1.56. The quantitative estimate of drug-likeness (QED) is 0.643. The molecule has 0 radical (unpaired) electrons. The summed E-state index contributed by atoms with van der Waals surface area (Å²) in [6.45, 7) is 9.00. The molecule has 0 unspecified atom stereocenters. The molecule has 0 N–H and O–H groups in total. The average molecular weight is 296 g/mol. The monoisotopic (exact) mass is 295 g/mol. The first-order valence-electron chi connectivity index (χ1n) is 5.30. The Kier molecular flexibility index (Phi) is 3.32. The smallest absolute Gasteiger partial charge is 0.410 e. The summed E-state index contributed by atoms with van der Waals surface area (Å²) in [6.07, 6.45) is -0.459. The molecule has 16 heavy (non-hydrogen) atoms. The van der Waals surface area contributed by atoms with E-state index in [0.717, 1.165) is 0 Å². The predicted molar refractivity (Wildman–Crippen MR) is 64.7 cm³/mol. The standard InChI is InChI=1S/C11H19BrFNO2/c1-9(2,3)16-8(15)14-6-10(4,12)11(5,13)7-14/h6-7H2,1-5H3/t10-,11-/m1/s1. The molecule has 1 saturated heterocycles. The van der Waals surface area contributed by atoms with Crippen LogP contribution >= 0.6 is 15.9 Å². The summed E-state index contributed by atoms with van der Waals surface area (Å²) in [5.74, 6) is 0. The van der Waals surface area contributed by atoms with Gasteiger partial charge in [-0.1, -0.05) is 15.9 Å². The third-order valence-corrected chi connectivity index (χ3v) is 3.79. The molecule has 0 aromatic heterocycles. The molecule has 0 aromatic rings. The Balaban J connectivity index is 2.70. The molecular formula is C11H19BrFNO2. The van der Waals surface area contributed by atoms with E-state index >= 15 is 0 Å². The lowest BCUT2D eigenvalue weighted by Crippen LogP contribution is -2.39. The van der Waals surface area contributed by atoms with Crippen LogP contribution < -0.4 is 0 Å². The summed E-state index contributed by atoms with van der Waals surface area (Å²) in [4.78, 5) is 13.2. The van der Waals surface area contributed by atoms with Gasteiger partial charge in [-0.15, -0.1) is 0 Å². The minimum Gasteiger partial charge on any atom is -0.444 e. The summed E-state index contributed by atoms with van der Waals surface area (Å²) < 4.78 is 18.6. The van der Waals surface area contributed by atoms with Crippen molar-refractivity contribution >= 4 is 22.0 Å². The highest BCUT2D eigenvalue weighted by atomic mass is 79.9. The average Bonchev–Trinajstić information content (AvgIpc) is 2.17. The fraction of sp³-hybridized carbons (Fsp3) is 0.909. The van der Waals surface area contributed by atoms with Gasteiger partial charge in [0, 0.05) is 6.54 Å². The zero-order chi connectivity index (χ0) is 12.8. The molecule has 1 aliphatic rings. The number of rotatable bonds is 0. The number of likely N-dealkylation sites (tertiary alicyclic amines) is 1. The molecule has 1 amide bonds. The zero-order valence-corrected chi connectivity index (χ0v) is 12.0. The number of carbonyl (C=O) groups is 1. The van der Waals surface area contributed by atoms with Crippen molar-refractivity contribution < 1.29 is 13.9 Å². The normalized spacial score (nSPS) is 35.3. The third-order valence-electron chi connectivity index (χ3n) is 2.71. The molecule has 3 nitrogen and oxygen atoms in total. The molecule has 0 saturated carbocycles. The van der Waals surface area contributed by atoms with E-state index in [0.29, 0.717) is 6.54 Å². The Morgan fingerprint density at radius 1 is 1.38 bits per heavy atom. The largest absolute Gasteiger partial charge is 0.444 e. The Hall–Kier alpha value is -0.320. The van der Waals surface area contributed by atoms with Gasteiger partial charge in [0.25, 0.3) is 0 Å². The van der Waals surface area contributed by atoms with Gasteiger partial charge in [-0.3, -0.25) is 0 Å². The zero-order valence-electron chi connectivity index (χ0n) is 10.4. The fourth-order valence-corrected chi connectivity index (χ4v) is 1.99. The minimum absolute atomic E-state index is 0.0592. The van der Waals surface area contributed by atoms with Crippen LogP contribution in [0.4, 0.5) is 9.18 Å². The van der Waals surface area contributed by atoms with Crippen molar-refractivity contribution in [3.8, 4) is 0 Å². The molecule has 2 atom stereocenters. The number of ether oxygens (including phenoxy) is 1. The highest BCUT2D eigenvalue weighted by Crippen LogP contribution is 2.41. The van der Waals surface area contributed by atoms with Crippen molar-refractivity contribution in [2.75, 3.05) is 13.1 Å². The van der Waals surface area contributed by atoms with Gasteiger partial charge in [-0.2, -0.15) is 0 Å². The van der Waals surface area contributed by atoms with Gasteiger partial charge in [0.2, 0.25) is 0 Å².